The quantitative estimate of drug-likeness (QED) is 0.646. The monoisotopic (exact) mass is 299 g/mol. The molecule has 0 bridgehead atoms. The van der Waals surface area contributed by atoms with Crippen molar-refractivity contribution in [3.8, 4) is 0 Å². The van der Waals surface area contributed by atoms with E-state index in [9.17, 15) is 5.11 Å². The lowest BCUT2D eigenvalue weighted by atomic mass is 9.91. The molecule has 0 aromatic heterocycles. The molecule has 4 heteroatoms. The highest BCUT2D eigenvalue weighted by Crippen LogP contribution is 2.18. The van der Waals surface area contributed by atoms with Crippen molar-refractivity contribution in [1.29, 1.82) is 0 Å². The van der Waals surface area contributed by atoms with Crippen molar-refractivity contribution >= 4 is 0 Å². The molecule has 1 aliphatic rings. The third-order valence-corrected chi connectivity index (χ3v) is 5.00. The average molecular weight is 300 g/mol. The maximum atomic E-state index is 9.75. The fraction of sp³-hybridized carbons (Fsp3) is 1.00. The first kappa shape index (κ1) is 18.9. The molecule has 4 nitrogen and oxygen atoms in total. The van der Waals surface area contributed by atoms with Crippen molar-refractivity contribution < 1.29 is 5.11 Å². The fourth-order valence-electron chi connectivity index (χ4n) is 3.17. The van der Waals surface area contributed by atoms with Gasteiger partial charge in [0, 0.05) is 37.8 Å². The summed E-state index contributed by atoms with van der Waals surface area (Å²) in [4.78, 5) is 5.14. The van der Waals surface area contributed by atoms with Crippen LogP contribution >= 0.6 is 0 Å². The molecular formula is C17H37N3O. The minimum absolute atomic E-state index is 0.0598. The molecule has 0 saturated carbocycles. The topological polar surface area (TPSA) is 38.7 Å². The van der Waals surface area contributed by atoms with Crippen LogP contribution in [0.25, 0.3) is 0 Å². The van der Waals surface area contributed by atoms with Crippen LogP contribution in [0.2, 0.25) is 0 Å². The Balaban J connectivity index is 2.28. The van der Waals surface area contributed by atoms with E-state index in [1.54, 1.807) is 0 Å². The molecule has 0 spiro atoms. The van der Waals surface area contributed by atoms with Gasteiger partial charge in [-0.05, 0) is 52.6 Å². The van der Waals surface area contributed by atoms with E-state index in [0.29, 0.717) is 6.04 Å². The Morgan fingerprint density at radius 3 is 2.29 bits per heavy atom. The van der Waals surface area contributed by atoms with E-state index in [4.69, 9.17) is 0 Å². The van der Waals surface area contributed by atoms with Crippen LogP contribution < -0.4 is 5.32 Å². The highest BCUT2D eigenvalue weighted by molar-refractivity contribution is 4.86. The average Bonchev–Trinajstić information content (AvgIpc) is 2.51. The molecule has 0 aromatic carbocycles. The second-order valence-electron chi connectivity index (χ2n) is 6.79. The van der Waals surface area contributed by atoms with Gasteiger partial charge in [0.2, 0.25) is 0 Å². The Kier molecular flexibility index (Phi) is 8.79. The Labute approximate surface area is 131 Å². The van der Waals surface area contributed by atoms with E-state index in [1.807, 2.05) is 0 Å². The first-order chi connectivity index (χ1) is 10.1. The Hall–Kier alpha value is -0.160. The largest absolute Gasteiger partial charge is 0.394 e. The van der Waals surface area contributed by atoms with E-state index in [0.717, 1.165) is 25.8 Å². The second kappa shape index (κ2) is 9.78. The van der Waals surface area contributed by atoms with Gasteiger partial charge in [-0.3, -0.25) is 4.90 Å². The summed E-state index contributed by atoms with van der Waals surface area (Å²) in [5, 5.41) is 13.3. The van der Waals surface area contributed by atoms with Crippen molar-refractivity contribution in [3.05, 3.63) is 0 Å². The molecule has 0 amide bonds. The smallest absolute Gasteiger partial charge is 0.0613 e. The van der Waals surface area contributed by atoms with Crippen LogP contribution in [0.15, 0.2) is 0 Å². The molecule has 0 radical (unpaired) electrons. The maximum absolute atomic E-state index is 9.75. The van der Waals surface area contributed by atoms with Crippen molar-refractivity contribution in [2.45, 2.75) is 65.0 Å². The highest BCUT2D eigenvalue weighted by Gasteiger charge is 2.26. The SMILES string of the molecule is CCCNC(CC)(CO)CCCN1CCN(C(C)C)CC1. The van der Waals surface area contributed by atoms with Gasteiger partial charge in [-0.15, -0.1) is 0 Å². The van der Waals surface area contributed by atoms with Gasteiger partial charge in [0.25, 0.3) is 0 Å². The lowest BCUT2D eigenvalue weighted by Gasteiger charge is -2.38. The van der Waals surface area contributed by atoms with Crippen molar-refractivity contribution in [2.24, 2.45) is 0 Å². The minimum Gasteiger partial charge on any atom is -0.394 e. The Morgan fingerprint density at radius 2 is 1.81 bits per heavy atom. The van der Waals surface area contributed by atoms with Gasteiger partial charge in [0.15, 0.2) is 0 Å². The summed E-state index contributed by atoms with van der Waals surface area (Å²) in [6.45, 7) is 16.1. The van der Waals surface area contributed by atoms with Crippen LogP contribution in [0.5, 0.6) is 0 Å². The number of hydrogen-bond donors (Lipinski definition) is 2. The summed E-state index contributed by atoms with van der Waals surface area (Å²) < 4.78 is 0. The van der Waals surface area contributed by atoms with E-state index < -0.39 is 0 Å². The zero-order valence-corrected chi connectivity index (χ0v) is 14.7. The molecule has 21 heavy (non-hydrogen) atoms. The van der Waals surface area contributed by atoms with Crippen LogP contribution in [0.4, 0.5) is 0 Å². The summed E-state index contributed by atoms with van der Waals surface area (Å²) in [5.74, 6) is 0. The third kappa shape index (κ3) is 6.23. The van der Waals surface area contributed by atoms with Gasteiger partial charge in [0.1, 0.15) is 0 Å². The summed E-state index contributed by atoms with van der Waals surface area (Å²) >= 11 is 0. The number of nitrogens with one attached hydrogen (secondary N) is 1. The molecular weight excluding hydrogens is 262 g/mol. The standard InChI is InChI=1S/C17H37N3O/c1-5-9-18-17(6-2,15-21)8-7-10-19-11-13-20(14-12-19)16(3)4/h16,18,21H,5-15H2,1-4H3. The van der Waals surface area contributed by atoms with Crippen LogP contribution in [0.3, 0.4) is 0 Å². The van der Waals surface area contributed by atoms with Crippen molar-refractivity contribution in [2.75, 3.05) is 45.9 Å². The molecule has 1 heterocycles. The molecule has 126 valence electrons. The second-order valence-corrected chi connectivity index (χ2v) is 6.79. The van der Waals surface area contributed by atoms with Gasteiger partial charge >= 0.3 is 0 Å². The fourth-order valence-corrected chi connectivity index (χ4v) is 3.17. The summed E-state index contributed by atoms with van der Waals surface area (Å²) in [5.41, 5.74) is -0.0598. The summed E-state index contributed by atoms with van der Waals surface area (Å²) in [7, 11) is 0. The molecule has 1 fully saturated rings. The third-order valence-electron chi connectivity index (χ3n) is 5.00. The Bertz CT molecular complexity index is 259. The molecule has 1 aliphatic heterocycles. The van der Waals surface area contributed by atoms with Crippen molar-refractivity contribution in [3.63, 3.8) is 0 Å². The van der Waals surface area contributed by atoms with E-state index in [2.05, 4.69) is 42.8 Å². The molecule has 1 unspecified atom stereocenters. The predicted octanol–water partition coefficient (Wildman–Crippen LogP) is 1.93. The lowest BCUT2D eigenvalue weighted by molar-refractivity contribution is 0.0987. The van der Waals surface area contributed by atoms with E-state index in [-0.39, 0.29) is 12.1 Å². The van der Waals surface area contributed by atoms with E-state index >= 15 is 0 Å². The molecule has 1 rings (SSSR count). The number of aliphatic hydroxyl groups is 1. The zero-order valence-electron chi connectivity index (χ0n) is 14.7. The molecule has 0 aliphatic carbocycles. The Morgan fingerprint density at radius 1 is 1.14 bits per heavy atom. The first-order valence-corrected chi connectivity index (χ1v) is 8.89. The van der Waals surface area contributed by atoms with Gasteiger partial charge in [-0.2, -0.15) is 0 Å². The highest BCUT2D eigenvalue weighted by atomic mass is 16.3. The van der Waals surface area contributed by atoms with Gasteiger partial charge in [-0.25, -0.2) is 0 Å². The van der Waals surface area contributed by atoms with E-state index in [1.165, 1.54) is 39.1 Å². The molecule has 0 aromatic rings. The van der Waals surface area contributed by atoms with Gasteiger partial charge < -0.3 is 15.3 Å². The number of nitrogens with zero attached hydrogens (tertiary/aromatic N) is 2. The van der Waals surface area contributed by atoms with Crippen LogP contribution in [0.1, 0.15) is 53.4 Å². The number of aliphatic hydroxyl groups excluding tert-OH is 1. The van der Waals surface area contributed by atoms with Gasteiger partial charge in [0.05, 0.1) is 6.61 Å². The lowest BCUT2D eigenvalue weighted by Crippen LogP contribution is -2.50. The minimum atomic E-state index is -0.0598. The summed E-state index contributed by atoms with van der Waals surface area (Å²) in [6.07, 6.45) is 4.38. The number of rotatable bonds is 10. The number of piperazine rings is 1. The molecule has 1 saturated heterocycles. The molecule has 1 atom stereocenters. The van der Waals surface area contributed by atoms with Gasteiger partial charge in [-0.1, -0.05) is 13.8 Å². The zero-order chi connectivity index (χ0) is 15.7. The maximum Gasteiger partial charge on any atom is 0.0613 e. The summed E-state index contributed by atoms with van der Waals surface area (Å²) in [6, 6.07) is 0.674. The van der Waals surface area contributed by atoms with Crippen molar-refractivity contribution in [1.82, 2.24) is 15.1 Å². The predicted molar refractivity (Wildman–Crippen MR) is 90.8 cm³/mol. The normalized spacial score (nSPS) is 20.9. The van der Waals surface area contributed by atoms with Crippen LogP contribution in [0, 0.1) is 0 Å². The number of hydrogen-bond acceptors (Lipinski definition) is 4. The van der Waals surface area contributed by atoms with Crippen LogP contribution in [-0.4, -0.2) is 72.4 Å². The van der Waals surface area contributed by atoms with Crippen LogP contribution in [-0.2, 0) is 0 Å². The first-order valence-electron chi connectivity index (χ1n) is 8.89. The molecule has 2 N–H and O–H groups in total.